The number of hydrogen-bond acceptors (Lipinski definition) is 1. The summed E-state index contributed by atoms with van der Waals surface area (Å²) in [4.78, 5) is 3.25. The van der Waals surface area contributed by atoms with Crippen molar-refractivity contribution >= 4 is 18.1 Å². The number of aromatic hydroxyl groups is 1. The van der Waals surface area contributed by atoms with Crippen molar-refractivity contribution in [1.29, 1.82) is 0 Å². The van der Waals surface area contributed by atoms with Gasteiger partial charge in [0.2, 0.25) is 0 Å². The summed E-state index contributed by atoms with van der Waals surface area (Å²) in [6.07, 6.45) is 3.36. The first kappa shape index (κ1) is 25.3. The van der Waals surface area contributed by atoms with Crippen molar-refractivity contribution in [1.82, 2.24) is 0 Å². The van der Waals surface area contributed by atoms with Gasteiger partial charge in [-0.05, 0) is 29.7 Å². The SMILES string of the molecule is CC1=[C-]C(C)C(C)=C1C.Cc1cc(O)cc([Si](C)(C)C(C)(C)C)c1.[CH2]=[Ti+]. The van der Waals surface area contributed by atoms with Gasteiger partial charge >= 0.3 is 24.8 Å². The van der Waals surface area contributed by atoms with Crippen LogP contribution in [-0.2, 0) is 20.0 Å². The molecule has 0 heterocycles. The third-order valence-electron chi connectivity index (χ3n) is 5.90. The van der Waals surface area contributed by atoms with Gasteiger partial charge in [-0.1, -0.05) is 71.8 Å². The minimum absolute atomic E-state index is 0.313. The Morgan fingerprint density at radius 3 is 1.81 bits per heavy atom. The van der Waals surface area contributed by atoms with Crippen LogP contribution in [0.15, 0.2) is 34.9 Å². The Bertz CT molecular complexity index is 658. The average Bonchev–Trinajstić information content (AvgIpc) is 2.74. The van der Waals surface area contributed by atoms with Crippen molar-refractivity contribution in [3.8, 4) is 5.75 Å². The van der Waals surface area contributed by atoms with E-state index in [1.165, 1.54) is 21.9 Å². The van der Waals surface area contributed by atoms with Crippen LogP contribution in [0.4, 0.5) is 0 Å². The summed E-state index contributed by atoms with van der Waals surface area (Å²) >= 11 is 1.75. The normalized spacial score (nSPS) is 17.1. The molecule has 26 heavy (non-hydrogen) atoms. The Balaban J connectivity index is 0.000000484. The number of hydrogen-bond donors (Lipinski definition) is 1. The molecule has 1 N–H and O–H groups in total. The van der Waals surface area contributed by atoms with Gasteiger partial charge in [0.15, 0.2) is 0 Å². The summed E-state index contributed by atoms with van der Waals surface area (Å²) in [5, 5.41) is 11.3. The first-order valence-electron chi connectivity index (χ1n) is 9.21. The topological polar surface area (TPSA) is 20.2 Å². The molecule has 0 radical (unpaired) electrons. The number of phenolic OH excluding ortho intramolecular Hbond substituents is 1. The van der Waals surface area contributed by atoms with E-state index < -0.39 is 8.07 Å². The van der Waals surface area contributed by atoms with Crippen LogP contribution >= 0.6 is 0 Å². The van der Waals surface area contributed by atoms with E-state index in [-0.39, 0.29) is 0 Å². The molecule has 2 rings (SSSR count). The van der Waals surface area contributed by atoms with Crippen molar-refractivity contribution in [3.63, 3.8) is 0 Å². The molecule has 1 aromatic carbocycles. The van der Waals surface area contributed by atoms with Crippen LogP contribution in [0.5, 0.6) is 5.75 Å². The standard InChI is InChI=1S/C13H22OSi.C9H13.CH2.Ti/c1-10-7-11(14)9-12(8-10)15(5,6)13(2,3)4;1-6-5-7(2)9(4)8(6)3;;/h7-9,14H,1-6H3;6H,1-4H3;1H2;/q;-1;;+1. The molecule has 1 unspecified atom stereocenters. The van der Waals surface area contributed by atoms with E-state index in [1.54, 1.807) is 20.0 Å². The second-order valence-electron chi connectivity index (χ2n) is 8.73. The molecule has 1 aromatic rings. The number of phenols is 1. The molecule has 143 valence electrons. The average molecular weight is 406 g/mol. The summed E-state index contributed by atoms with van der Waals surface area (Å²) in [5.41, 5.74) is 5.39. The van der Waals surface area contributed by atoms with E-state index in [9.17, 15) is 5.11 Å². The number of allylic oxidation sites excluding steroid dienone is 4. The summed E-state index contributed by atoms with van der Waals surface area (Å²) in [7, 11) is -1.50. The summed E-state index contributed by atoms with van der Waals surface area (Å²) < 4.78 is 0. The summed E-state index contributed by atoms with van der Waals surface area (Å²) in [6.45, 7) is 22.3. The van der Waals surface area contributed by atoms with Crippen LogP contribution in [-0.4, -0.2) is 18.0 Å². The molecule has 1 atom stereocenters. The molecule has 3 heteroatoms. The molecular formula is C23H37OSiTi. The van der Waals surface area contributed by atoms with Crippen molar-refractivity contribution < 1.29 is 25.1 Å². The Labute approximate surface area is 174 Å². The Kier molecular flexibility index (Phi) is 9.74. The fraction of sp³-hybridized carbons (Fsp3) is 0.522. The maximum absolute atomic E-state index is 9.65. The minimum atomic E-state index is -1.50. The molecule has 0 saturated carbocycles. The Morgan fingerprint density at radius 2 is 1.54 bits per heavy atom. The summed E-state index contributed by atoms with van der Waals surface area (Å²) in [6, 6.07) is 5.97. The quantitative estimate of drug-likeness (QED) is 0.442. The predicted octanol–water partition coefficient (Wildman–Crippen LogP) is 6.10. The zero-order valence-corrected chi connectivity index (χ0v) is 21.0. The van der Waals surface area contributed by atoms with Gasteiger partial charge in [-0.2, -0.15) is 11.1 Å². The fourth-order valence-electron chi connectivity index (χ4n) is 2.72. The molecular weight excluding hydrogens is 368 g/mol. The van der Waals surface area contributed by atoms with E-state index >= 15 is 0 Å². The molecule has 1 aliphatic rings. The molecule has 0 aromatic heterocycles. The molecule has 1 nitrogen and oxygen atoms in total. The fourth-order valence-corrected chi connectivity index (χ4v) is 4.68. The molecule has 0 fully saturated rings. The van der Waals surface area contributed by atoms with E-state index in [2.05, 4.69) is 78.5 Å². The van der Waals surface area contributed by atoms with Crippen LogP contribution in [0.2, 0.25) is 18.1 Å². The van der Waals surface area contributed by atoms with Gasteiger partial charge < -0.3 is 5.11 Å². The van der Waals surface area contributed by atoms with Crippen LogP contribution < -0.4 is 5.19 Å². The summed E-state index contributed by atoms with van der Waals surface area (Å²) in [5.74, 6) is 0.958. The predicted molar refractivity (Wildman–Crippen MR) is 117 cm³/mol. The number of aryl methyl sites for hydroxylation is 1. The monoisotopic (exact) mass is 405 g/mol. The van der Waals surface area contributed by atoms with Gasteiger partial charge in [0.25, 0.3) is 0 Å². The molecule has 0 bridgehead atoms. The maximum atomic E-state index is 9.65. The third-order valence-corrected chi connectivity index (χ3v) is 11.4. The van der Waals surface area contributed by atoms with Crippen LogP contribution in [0.25, 0.3) is 0 Å². The first-order valence-corrected chi connectivity index (χ1v) is 13.3. The molecule has 0 saturated heterocycles. The van der Waals surface area contributed by atoms with Crippen LogP contribution in [0, 0.1) is 18.9 Å². The number of benzene rings is 1. The van der Waals surface area contributed by atoms with Gasteiger partial charge in [-0.25, -0.2) is 5.57 Å². The van der Waals surface area contributed by atoms with E-state index in [0.29, 0.717) is 16.7 Å². The van der Waals surface area contributed by atoms with Gasteiger partial charge in [-0.15, -0.1) is 6.92 Å². The second-order valence-corrected chi connectivity index (χ2v) is 14.1. The first-order chi connectivity index (χ1) is 11.8. The zero-order chi connectivity index (χ0) is 20.9. The molecule has 1 aliphatic carbocycles. The molecule has 0 spiro atoms. The van der Waals surface area contributed by atoms with Crippen LogP contribution in [0.1, 0.15) is 54.0 Å². The Hall–Kier alpha value is -0.699. The van der Waals surface area contributed by atoms with Crippen molar-refractivity contribution in [2.75, 3.05) is 0 Å². The van der Waals surface area contributed by atoms with Crippen molar-refractivity contribution in [2.45, 2.75) is 73.5 Å². The van der Waals surface area contributed by atoms with Crippen molar-refractivity contribution in [2.24, 2.45) is 5.92 Å². The number of rotatable bonds is 1. The van der Waals surface area contributed by atoms with Crippen molar-refractivity contribution in [3.05, 3.63) is 46.6 Å². The Morgan fingerprint density at radius 1 is 1.04 bits per heavy atom. The molecule has 0 aliphatic heterocycles. The van der Waals surface area contributed by atoms with Gasteiger partial charge in [0, 0.05) is 0 Å². The van der Waals surface area contributed by atoms with Gasteiger partial charge in [0.05, 0.1) is 8.07 Å². The van der Waals surface area contributed by atoms with Gasteiger partial charge in [0.1, 0.15) is 5.75 Å². The van der Waals surface area contributed by atoms with Crippen LogP contribution in [0.3, 0.4) is 0 Å². The van der Waals surface area contributed by atoms with E-state index in [4.69, 9.17) is 0 Å². The zero-order valence-electron chi connectivity index (χ0n) is 18.5. The third kappa shape index (κ3) is 6.48. The van der Waals surface area contributed by atoms with Gasteiger partial charge in [-0.3, -0.25) is 6.08 Å². The second kappa shape index (κ2) is 10.0. The molecule has 0 amide bonds. The van der Waals surface area contributed by atoms with E-state index in [1.807, 2.05) is 19.1 Å². The van der Waals surface area contributed by atoms with E-state index in [0.717, 1.165) is 5.56 Å².